The number of nitrogens with zero attached hydrogens (tertiary/aromatic N) is 1. The standard InChI is InChI=1S/C14H21BrN4O4S/c1-13(2,3)23-12(20)19-14(4-5-14)8-18-24(21,22)10-6-9(15)7-17-11(10)16/h6-7,18H,4-5,8H2,1-3H3,(H2,16,17)(H,19,20). The normalized spacial score (nSPS) is 16.5. The summed E-state index contributed by atoms with van der Waals surface area (Å²) in [6, 6.07) is 1.38. The van der Waals surface area contributed by atoms with Crippen LogP contribution in [0.1, 0.15) is 33.6 Å². The Morgan fingerprint density at radius 3 is 2.62 bits per heavy atom. The number of halogens is 1. The number of rotatable bonds is 5. The summed E-state index contributed by atoms with van der Waals surface area (Å²) in [4.78, 5) is 15.6. The lowest BCUT2D eigenvalue weighted by atomic mass is 10.2. The van der Waals surface area contributed by atoms with Crippen LogP contribution in [0.15, 0.2) is 21.6 Å². The summed E-state index contributed by atoms with van der Waals surface area (Å²) in [6.45, 7) is 5.34. The summed E-state index contributed by atoms with van der Waals surface area (Å²) in [5, 5.41) is 2.73. The van der Waals surface area contributed by atoms with E-state index in [-0.39, 0.29) is 17.3 Å². The molecule has 1 heterocycles. The van der Waals surface area contributed by atoms with Gasteiger partial charge in [0.25, 0.3) is 0 Å². The summed E-state index contributed by atoms with van der Waals surface area (Å²) < 4.78 is 33.0. The van der Waals surface area contributed by atoms with Gasteiger partial charge in [-0.15, -0.1) is 0 Å². The molecular formula is C14H21BrN4O4S. The molecule has 24 heavy (non-hydrogen) atoms. The predicted molar refractivity (Wildman–Crippen MR) is 92.9 cm³/mol. The van der Waals surface area contributed by atoms with E-state index in [4.69, 9.17) is 10.5 Å². The molecule has 1 amide bonds. The van der Waals surface area contributed by atoms with Crippen molar-refractivity contribution in [2.24, 2.45) is 0 Å². The second-order valence-electron chi connectivity index (χ2n) is 6.77. The van der Waals surface area contributed by atoms with Gasteiger partial charge in [-0.25, -0.2) is 22.9 Å². The molecule has 0 aromatic carbocycles. The van der Waals surface area contributed by atoms with Crippen LogP contribution in [0.25, 0.3) is 0 Å². The van der Waals surface area contributed by atoms with Crippen LogP contribution < -0.4 is 15.8 Å². The Balaban J connectivity index is 2.02. The molecule has 0 radical (unpaired) electrons. The zero-order valence-electron chi connectivity index (χ0n) is 13.7. The molecule has 0 spiro atoms. The number of amides is 1. The Morgan fingerprint density at radius 1 is 1.46 bits per heavy atom. The van der Waals surface area contributed by atoms with Gasteiger partial charge in [-0.05, 0) is 55.6 Å². The molecule has 1 saturated carbocycles. The lowest BCUT2D eigenvalue weighted by Gasteiger charge is -2.23. The minimum Gasteiger partial charge on any atom is -0.444 e. The highest BCUT2D eigenvalue weighted by molar-refractivity contribution is 9.10. The predicted octanol–water partition coefficient (Wildman–Crippen LogP) is 1.76. The monoisotopic (exact) mass is 420 g/mol. The van der Waals surface area contributed by atoms with Crippen LogP contribution in [0.3, 0.4) is 0 Å². The third-order valence-corrected chi connectivity index (χ3v) is 5.22. The van der Waals surface area contributed by atoms with Crippen LogP contribution >= 0.6 is 15.9 Å². The first-order valence-electron chi connectivity index (χ1n) is 7.34. The van der Waals surface area contributed by atoms with E-state index in [1.807, 2.05) is 0 Å². The lowest BCUT2D eigenvalue weighted by Crippen LogP contribution is -2.47. The van der Waals surface area contributed by atoms with Crippen molar-refractivity contribution in [2.45, 2.75) is 49.6 Å². The summed E-state index contributed by atoms with van der Waals surface area (Å²) in [6.07, 6.45) is 2.19. The average molecular weight is 421 g/mol. The van der Waals surface area contributed by atoms with E-state index in [0.717, 1.165) is 0 Å². The first-order valence-corrected chi connectivity index (χ1v) is 9.62. The van der Waals surface area contributed by atoms with Gasteiger partial charge in [-0.1, -0.05) is 0 Å². The summed E-state index contributed by atoms with van der Waals surface area (Å²) in [5.41, 5.74) is 4.40. The molecule has 4 N–H and O–H groups in total. The van der Waals surface area contributed by atoms with Crippen LogP contribution in [0.4, 0.5) is 10.6 Å². The third-order valence-electron chi connectivity index (χ3n) is 3.36. The van der Waals surface area contributed by atoms with Gasteiger partial charge >= 0.3 is 6.09 Å². The number of sulfonamides is 1. The highest BCUT2D eigenvalue weighted by Gasteiger charge is 2.45. The minimum absolute atomic E-state index is 0.0561. The molecule has 1 fully saturated rings. The first kappa shape index (κ1) is 18.9. The van der Waals surface area contributed by atoms with Crippen molar-refractivity contribution in [3.05, 3.63) is 16.7 Å². The van der Waals surface area contributed by atoms with Gasteiger partial charge in [-0.2, -0.15) is 0 Å². The lowest BCUT2D eigenvalue weighted by molar-refractivity contribution is 0.0497. The molecule has 10 heteroatoms. The van der Waals surface area contributed by atoms with Gasteiger partial charge < -0.3 is 15.8 Å². The van der Waals surface area contributed by atoms with Crippen molar-refractivity contribution in [3.63, 3.8) is 0 Å². The van der Waals surface area contributed by atoms with E-state index in [1.54, 1.807) is 20.8 Å². The summed E-state index contributed by atoms with van der Waals surface area (Å²) in [7, 11) is -3.84. The number of carbonyl (C=O) groups excluding carboxylic acids is 1. The summed E-state index contributed by atoms with van der Waals surface area (Å²) in [5.74, 6) is -0.0874. The molecule has 1 aliphatic rings. The Labute approximate surface area is 149 Å². The molecule has 1 aromatic rings. The molecule has 2 rings (SSSR count). The maximum Gasteiger partial charge on any atom is 0.408 e. The number of hydrogen-bond acceptors (Lipinski definition) is 6. The van der Waals surface area contributed by atoms with E-state index in [2.05, 4.69) is 31.0 Å². The quantitative estimate of drug-likeness (QED) is 0.666. The number of ether oxygens (including phenoxy) is 1. The Kier molecular flexibility index (Phi) is 5.12. The highest BCUT2D eigenvalue weighted by Crippen LogP contribution is 2.35. The molecular weight excluding hydrogens is 400 g/mol. The fourth-order valence-corrected chi connectivity index (χ4v) is 3.69. The fraction of sp³-hybridized carbons (Fsp3) is 0.571. The molecule has 0 aliphatic heterocycles. The van der Waals surface area contributed by atoms with E-state index in [9.17, 15) is 13.2 Å². The largest absolute Gasteiger partial charge is 0.444 e. The van der Waals surface area contributed by atoms with Gasteiger partial charge in [0.15, 0.2) is 0 Å². The van der Waals surface area contributed by atoms with Crippen LogP contribution in [0, 0.1) is 0 Å². The van der Waals surface area contributed by atoms with E-state index in [0.29, 0.717) is 17.3 Å². The molecule has 0 saturated heterocycles. The zero-order valence-corrected chi connectivity index (χ0v) is 16.1. The van der Waals surface area contributed by atoms with Crippen LogP contribution in [0.5, 0.6) is 0 Å². The average Bonchev–Trinajstić information content (AvgIpc) is 3.17. The minimum atomic E-state index is -3.84. The summed E-state index contributed by atoms with van der Waals surface area (Å²) >= 11 is 3.17. The fourth-order valence-electron chi connectivity index (χ4n) is 1.97. The van der Waals surface area contributed by atoms with Crippen molar-refractivity contribution >= 4 is 37.9 Å². The first-order chi connectivity index (χ1) is 10.9. The van der Waals surface area contributed by atoms with Crippen molar-refractivity contribution in [1.82, 2.24) is 15.0 Å². The zero-order chi connectivity index (χ0) is 18.2. The number of anilines is 1. The molecule has 1 aromatic heterocycles. The number of nitrogens with one attached hydrogen (secondary N) is 2. The number of aromatic nitrogens is 1. The van der Waals surface area contributed by atoms with Gasteiger partial charge in [0.05, 0.1) is 5.54 Å². The number of alkyl carbamates (subject to hydrolysis) is 1. The molecule has 134 valence electrons. The second-order valence-corrected chi connectivity index (χ2v) is 9.42. The maximum absolute atomic E-state index is 12.4. The van der Waals surface area contributed by atoms with E-state index in [1.165, 1.54) is 12.3 Å². The van der Waals surface area contributed by atoms with Gasteiger partial charge in [0.2, 0.25) is 10.0 Å². The number of hydrogen-bond donors (Lipinski definition) is 3. The van der Waals surface area contributed by atoms with Gasteiger partial charge in [0, 0.05) is 17.2 Å². The molecule has 0 unspecified atom stereocenters. The van der Waals surface area contributed by atoms with Crippen LogP contribution in [-0.2, 0) is 14.8 Å². The molecule has 0 atom stereocenters. The Hall–Kier alpha value is -1.39. The van der Waals surface area contributed by atoms with E-state index < -0.39 is 27.3 Å². The third kappa shape index (κ3) is 5.05. The number of carbonyl (C=O) groups is 1. The van der Waals surface area contributed by atoms with E-state index >= 15 is 0 Å². The smallest absolute Gasteiger partial charge is 0.408 e. The van der Waals surface area contributed by atoms with Gasteiger partial charge in [-0.3, -0.25) is 0 Å². The molecule has 0 bridgehead atoms. The van der Waals surface area contributed by atoms with Gasteiger partial charge in [0.1, 0.15) is 16.3 Å². The van der Waals surface area contributed by atoms with Crippen molar-refractivity contribution in [1.29, 1.82) is 0 Å². The SMILES string of the molecule is CC(C)(C)OC(=O)NC1(CNS(=O)(=O)c2cc(Br)cnc2N)CC1. The van der Waals surface area contributed by atoms with Crippen molar-refractivity contribution < 1.29 is 17.9 Å². The number of nitrogens with two attached hydrogens (primary N) is 1. The van der Waals surface area contributed by atoms with Crippen LogP contribution in [-0.4, -0.2) is 37.2 Å². The maximum atomic E-state index is 12.4. The topological polar surface area (TPSA) is 123 Å². The Morgan fingerprint density at radius 2 is 2.08 bits per heavy atom. The van der Waals surface area contributed by atoms with Crippen molar-refractivity contribution in [2.75, 3.05) is 12.3 Å². The van der Waals surface area contributed by atoms with Crippen molar-refractivity contribution in [3.8, 4) is 0 Å². The van der Waals surface area contributed by atoms with Crippen LogP contribution in [0.2, 0.25) is 0 Å². The number of nitrogen functional groups attached to an aromatic ring is 1. The Bertz CT molecular complexity index is 742. The molecule has 8 nitrogen and oxygen atoms in total. The highest BCUT2D eigenvalue weighted by atomic mass is 79.9. The molecule has 1 aliphatic carbocycles. The number of pyridine rings is 1. The second kappa shape index (κ2) is 6.49.